The van der Waals surface area contributed by atoms with Crippen LogP contribution in [0.25, 0.3) is 0 Å². The fourth-order valence-electron chi connectivity index (χ4n) is 2.22. The molecule has 0 radical (unpaired) electrons. The predicted octanol–water partition coefficient (Wildman–Crippen LogP) is 2.50. The minimum absolute atomic E-state index is 0.179. The van der Waals surface area contributed by atoms with E-state index < -0.39 is 15.7 Å². The molecule has 7 heteroatoms. The Morgan fingerprint density at radius 1 is 1.26 bits per heavy atom. The lowest BCUT2D eigenvalue weighted by molar-refractivity contribution is -0.116. The first kappa shape index (κ1) is 17.1. The molecule has 2 aromatic rings. The van der Waals surface area contributed by atoms with Gasteiger partial charge in [-0.25, -0.2) is 12.8 Å². The highest BCUT2D eigenvalue weighted by Crippen LogP contribution is 2.19. The molecule has 0 saturated carbocycles. The monoisotopic (exact) mass is 336 g/mol. The Kier molecular flexibility index (Phi) is 5.10. The maximum absolute atomic E-state index is 13.0. The summed E-state index contributed by atoms with van der Waals surface area (Å²) < 4.78 is 36.1. The molecule has 0 spiro atoms. The van der Waals surface area contributed by atoms with Crippen molar-refractivity contribution in [1.29, 1.82) is 0 Å². The quantitative estimate of drug-likeness (QED) is 0.910. The van der Waals surface area contributed by atoms with E-state index in [2.05, 4.69) is 10.3 Å². The highest BCUT2D eigenvalue weighted by molar-refractivity contribution is 7.90. The zero-order valence-corrected chi connectivity index (χ0v) is 13.7. The maximum Gasteiger partial charge on any atom is 0.224 e. The third-order valence-corrected chi connectivity index (χ3v) is 4.52. The minimum Gasteiger partial charge on any atom is -0.326 e. The summed E-state index contributed by atoms with van der Waals surface area (Å²) in [4.78, 5) is 15.9. The van der Waals surface area contributed by atoms with Crippen LogP contribution in [0.15, 0.2) is 41.6 Å². The van der Waals surface area contributed by atoms with Gasteiger partial charge in [0.1, 0.15) is 5.82 Å². The van der Waals surface area contributed by atoms with E-state index in [0.29, 0.717) is 23.2 Å². The fraction of sp³-hybridized carbons (Fsp3) is 0.250. The zero-order chi connectivity index (χ0) is 17.0. The molecule has 1 amide bonds. The van der Waals surface area contributed by atoms with Crippen LogP contribution >= 0.6 is 0 Å². The lowest BCUT2D eigenvalue weighted by Gasteiger charge is -2.09. The van der Waals surface area contributed by atoms with E-state index in [1.807, 2.05) is 0 Å². The van der Waals surface area contributed by atoms with Crippen molar-refractivity contribution >= 4 is 21.4 Å². The molecule has 0 bridgehead atoms. The average Bonchev–Trinajstić information content (AvgIpc) is 2.44. The van der Waals surface area contributed by atoms with Gasteiger partial charge in [-0.15, -0.1) is 0 Å². The number of aromatic nitrogens is 1. The third kappa shape index (κ3) is 4.85. The molecule has 5 nitrogen and oxygen atoms in total. The van der Waals surface area contributed by atoms with E-state index >= 15 is 0 Å². The highest BCUT2D eigenvalue weighted by Gasteiger charge is 2.12. The van der Waals surface area contributed by atoms with Crippen molar-refractivity contribution in [2.45, 2.75) is 24.7 Å². The van der Waals surface area contributed by atoms with Gasteiger partial charge in [-0.1, -0.05) is 0 Å². The van der Waals surface area contributed by atoms with Gasteiger partial charge in [-0.05, 0) is 48.7 Å². The topological polar surface area (TPSA) is 76.1 Å². The molecule has 2 rings (SSSR count). The number of hydrogen-bond donors (Lipinski definition) is 1. The fourth-order valence-corrected chi connectivity index (χ4v) is 3.18. The Morgan fingerprint density at radius 3 is 2.61 bits per heavy atom. The van der Waals surface area contributed by atoms with Crippen LogP contribution in [0.1, 0.15) is 17.5 Å². The molecule has 0 aliphatic rings. The van der Waals surface area contributed by atoms with Crippen molar-refractivity contribution in [2.24, 2.45) is 0 Å². The number of nitrogens with one attached hydrogen (secondary N) is 1. The highest BCUT2D eigenvalue weighted by atomic mass is 32.2. The van der Waals surface area contributed by atoms with E-state index in [0.717, 1.165) is 12.5 Å². The molecule has 122 valence electrons. The summed E-state index contributed by atoms with van der Waals surface area (Å²) in [5.41, 5.74) is 1.74. The number of carbonyl (C=O) groups is 1. The molecule has 0 aliphatic heterocycles. The molecule has 23 heavy (non-hydrogen) atoms. The Morgan fingerprint density at radius 2 is 2.00 bits per heavy atom. The van der Waals surface area contributed by atoms with Gasteiger partial charge in [-0.3, -0.25) is 9.78 Å². The van der Waals surface area contributed by atoms with Gasteiger partial charge in [0.2, 0.25) is 5.91 Å². The second kappa shape index (κ2) is 6.87. The van der Waals surface area contributed by atoms with Crippen molar-refractivity contribution in [3.05, 3.63) is 53.6 Å². The summed E-state index contributed by atoms with van der Waals surface area (Å²) in [6, 6.07) is 5.96. The van der Waals surface area contributed by atoms with Crippen LogP contribution in [0, 0.1) is 12.7 Å². The number of benzene rings is 1. The maximum atomic E-state index is 13.0. The molecule has 0 atom stereocenters. The lowest BCUT2D eigenvalue weighted by Crippen LogP contribution is -2.13. The van der Waals surface area contributed by atoms with Crippen LogP contribution in [0.5, 0.6) is 0 Å². The lowest BCUT2D eigenvalue weighted by atomic mass is 10.1. The van der Waals surface area contributed by atoms with Crippen molar-refractivity contribution in [1.82, 2.24) is 4.98 Å². The van der Waals surface area contributed by atoms with E-state index in [4.69, 9.17) is 0 Å². The van der Waals surface area contributed by atoms with Crippen molar-refractivity contribution in [2.75, 3.05) is 11.6 Å². The molecular formula is C16H17FN2O3S. The molecule has 0 saturated heterocycles. The summed E-state index contributed by atoms with van der Waals surface area (Å²) in [7, 11) is -3.28. The first-order chi connectivity index (χ1) is 10.8. The Labute approximate surface area is 134 Å². The molecule has 0 unspecified atom stereocenters. The molecule has 0 fully saturated rings. The summed E-state index contributed by atoms with van der Waals surface area (Å²) in [5, 5.41) is 2.70. The Bertz CT molecular complexity index is 835. The van der Waals surface area contributed by atoms with Gasteiger partial charge in [0.05, 0.1) is 11.1 Å². The van der Waals surface area contributed by atoms with Crippen molar-refractivity contribution < 1.29 is 17.6 Å². The largest absolute Gasteiger partial charge is 0.326 e. The number of halogens is 1. The summed E-state index contributed by atoms with van der Waals surface area (Å²) >= 11 is 0. The molecule has 1 aromatic heterocycles. The normalized spacial score (nSPS) is 11.3. The molecular weight excluding hydrogens is 319 g/mol. The summed E-state index contributed by atoms with van der Waals surface area (Å²) in [5.74, 6) is -0.671. The predicted molar refractivity (Wildman–Crippen MR) is 85.4 cm³/mol. The number of carbonyl (C=O) groups excluding carboxylic acids is 1. The number of rotatable bonds is 5. The number of pyridine rings is 1. The van der Waals surface area contributed by atoms with E-state index in [1.165, 1.54) is 18.3 Å². The molecule has 1 N–H and O–H groups in total. The van der Waals surface area contributed by atoms with Gasteiger partial charge in [0.25, 0.3) is 0 Å². The van der Waals surface area contributed by atoms with Crippen molar-refractivity contribution in [3.63, 3.8) is 0 Å². The molecule has 1 heterocycles. The minimum atomic E-state index is -3.28. The third-order valence-electron chi connectivity index (χ3n) is 3.26. The zero-order valence-electron chi connectivity index (χ0n) is 12.8. The Balaban J connectivity index is 1.99. The van der Waals surface area contributed by atoms with Crippen LogP contribution in [0.4, 0.5) is 10.1 Å². The first-order valence-corrected chi connectivity index (χ1v) is 8.85. The first-order valence-electron chi connectivity index (χ1n) is 6.96. The van der Waals surface area contributed by atoms with Crippen LogP contribution in [0.3, 0.4) is 0 Å². The average molecular weight is 336 g/mol. The van der Waals surface area contributed by atoms with Gasteiger partial charge in [0.15, 0.2) is 9.84 Å². The second-order valence-corrected chi connectivity index (χ2v) is 7.30. The van der Waals surface area contributed by atoms with Crippen LogP contribution < -0.4 is 5.32 Å². The summed E-state index contributed by atoms with van der Waals surface area (Å²) in [6.45, 7) is 1.67. The SMILES string of the molecule is Cc1cc(NC(=O)CCc2cncc(F)c2)ccc1S(C)(=O)=O. The van der Waals surface area contributed by atoms with Crippen LogP contribution in [0.2, 0.25) is 0 Å². The Hall–Kier alpha value is -2.28. The molecule has 1 aromatic carbocycles. The van der Waals surface area contributed by atoms with Crippen LogP contribution in [-0.4, -0.2) is 25.6 Å². The smallest absolute Gasteiger partial charge is 0.224 e. The van der Waals surface area contributed by atoms with Crippen LogP contribution in [-0.2, 0) is 21.1 Å². The number of nitrogens with zero attached hydrogens (tertiary/aromatic N) is 1. The van der Waals surface area contributed by atoms with E-state index in [-0.39, 0.29) is 17.2 Å². The van der Waals surface area contributed by atoms with Crippen molar-refractivity contribution in [3.8, 4) is 0 Å². The van der Waals surface area contributed by atoms with Gasteiger partial charge >= 0.3 is 0 Å². The standard InChI is InChI=1S/C16H17FN2O3S/c1-11-7-14(4-5-15(11)23(2,21)22)19-16(20)6-3-12-8-13(17)10-18-9-12/h4-5,7-10H,3,6H2,1-2H3,(H,19,20). The van der Waals surface area contributed by atoms with E-state index in [9.17, 15) is 17.6 Å². The van der Waals surface area contributed by atoms with E-state index in [1.54, 1.807) is 19.1 Å². The number of sulfone groups is 1. The second-order valence-electron chi connectivity index (χ2n) is 5.31. The summed E-state index contributed by atoms with van der Waals surface area (Å²) in [6.07, 6.45) is 4.31. The number of anilines is 1. The number of hydrogen-bond acceptors (Lipinski definition) is 4. The number of amides is 1. The van der Waals surface area contributed by atoms with Gasteiger partial charge in [0, 0.05) is 24.6 Å². The van der Waals surface area contributed by atoms with Gasteiger partial charge in [-0.2, -0.15) is 0 Å². The van der Waals surface area contributed by atoms with Gasteiger partial charge < -0.3 is 5.32 Å². The number of aryl methyl sites for hydroxylation is 2. The molecule has 0 aliphatic carbocycles.